The van der Waals surface area contributed by atoms with Gasteiger partial charge in [0.2, 0.25) is 0 Å². The monoisotopic (exact) mass is 576 g/mol. The molecule has 2 heterocycles. The van der Waals surface area contributed by atoms with Crippen molar-refractivity contribution in [1.82, 2.24) is 19.5 Å². The normalized spacial score (nSPS) is 11.9. The summed E-state index contributed by atoms with van der Waals surface area (Å²) in [5.41, 5.74) is 2.65. The summed E-state index contributed by atoms with van der Waals surface area (Å²) in [6, 6.07) is 5.88. The molecular weight excluding hydrogens is 550 g/mol. The summed E-state index contributed by atoms with van der Waals surface area (Å²) in [5, 5.41) is 0. The first-order chi connectivity index (χ1) is 15.2. The highest BCUT2D eigenvalue weighted by atomic mass is 127. The van der Waals surface area contributed by atoms with Crippen LogP contribution in [0.1, 0.15) is 42.8 Å². The number of unbranched alkanes of at least 4 members (excludes halogenated alkanes) is 3. The second-order valence-corrected chi connectivity index (χ2v) is 10.3. The fraction of sp³-hybridized carbons (Fsp3) is 0.476. The Bertz CT molecular complexity index is 1200. The van der Waals surface area contributed by atoms with Crippen LogP contribution < -0.4 is 4.74 Å². The molecule has 0 saturated heterocycles. The van der Waals surface area contributed by atoms with Gasteiger partial charge in [0.05, 0.1) is 25.7 Å². The Hall–Kier alpha value is -1.86. The third kappa shape index (κ3) is 6.58. The summed E-state index contributed by atoms with van der Waals surface area (Å²) in [6.07, 6.45) is 4.00. The number of ether oxygens (including phenoxy) is 1. The van der Waals surface area contributed by atoms with Gasteiger partial charge in [-0.2, -0.15) is 17.8 Å². The number of aryl methyl sites for hydroxylation is 2. The molecule has 0 bridgehead atoms. The molecule has 0 atom stereocenters. The zero-order chi connectivity index (χ0) is 23.3. The number of imidazole rings is 1. The minimum absolute atomic E-state index is 0.185. The van der Waals surface area contributed by atoms with Crippen molar-refractivity contribution in [3.05, 3.63) is 44.9 Å². The lowest BCUT2D eigenvalue weighted by Crippen LogP contribution is -2.08. The van der Waals surface area contributed by atoms with Crippen LogP contribution in [-0.4, -0.2) is 47.9 Å². The SMILES string of the molecule is COc1ccc(I)c(Cc2nc3c(C)nc(F)nc3n2CCCCCCOS(C)(=O)=O)c1. The van der Waals surface area contributed by atoms with Gasteiger partial charge >= 0.3 is 6.08 Å². The number of hydrogen-bond acceptors (Lipinski definition) is 7. The highest BCUT2D eigenvalue weighted by Crippen LogP contribution is 2.25. The fourth-order valence-electron chi connectivity index (χ4n) is 3.44. The summed E-state index contributed by atoms with van der Waals surface area (Å²) in [6.45, 7) is 2.53. The van der Waals surface area contributed by atoms with Crippen LogP contribution >= 0.6 is 22.6 Å². The third-order valence-electron chi connectivity index (χ3n) is 5.00. The van der Waals surface area contributed by atoms with Gasteiger partial charge in [-0.1, -0.05) is 12.8 Å². The van der Waals surface area contributed by atoms with Crippen molar-refractivity contribution < 1.29 is 21.7 Å². The standard InChI is InChI=1S/C21H26FIN4O4S/c1-14-19-20(26-21(22)24-14)27(10-6-4-5-7-11-31-32(3,28)29)18(25-19)13-15-12-16(30-2)8-9-17(15)23/h8-9,12H,4-7,10-11,13H2,1-3H3. The van der Waals surface area contributed by atoms with Crippen LogP contribution in [0.15, 0.2) is 18.2 Å². The van der Waals surface area contributed by atoms with Gasteiger partial charge in [0.25, 0.3) is 10.1 Å². The Morgan fingerprint density at radius 2 is 1.88 bits per heavy atom. The number of benzene rings is 1. The smallest absolute Gasteiger partial charge is 0.310 e. The maximum Gasteiger partial charge on any atom is 0.310 e. The Morgan fingerprint density at radius 3 is 2.59 bits per heavy atom. The van der Waals surface area contributed by atoms with Gasteiger partial charge in [0.1, 0.15) is 17.1 Å². The van der Waals surface area contributed by atoms with Crippen molar-refractivity contribution in [3.63, 3.8) is 0 Å². The van der Waals surface area contributed by atoms with Crippen LogP contribution in [0, 0.1) is 16.6 Å². The van der Waals surface area contributed by atoms with E-state index in [1.165, 1.54) is 0 Å². The summed E-state index contributed by atoms with van der Waals surface area (Å²) >= 11 is 2.28. The number of aromatic nitrogens is 4. The van der Waals surface area contributed by atoms with Crippen LogP contribution in [0.5, 0.6) is 5.75 Å². The van der Waals surface area contributed by atoms with Gasteiger partial charge in [-0.25, -0.2) is 9.97 Å². The minimum Gasteiger partial charge on any atom is -0.497 e. The van der Waals surface area contributed by atoms with Crippen LogP contribution in [0.4, 0.5) is 4.39 Å². The number of nitrogens with zero attached hydrogens (tertiary/aromatic N) is 4. The maximum atomic E-state index is 14.0. The van der Waals surface area contributed by atoms with Gasteiger partial charge in [-0.3, -0.25) is 4.18 Å². The van der Waals surface area contributed by atoms with Crippen molar-refractivity contribution >= 4 is 43.9 Å². The zero-order valence-corrected chi connectivity index (χ0v) is 21.2. The van der Waals surface area contributed by atoms with E-state index in [1.54, 1.807) is 14.0 Å². The largest absolute Gasteiger partial charge is 0.497 e. The van der Waals surface area contributed by atoms with Crippen molar-refractivity contribution in [3.8, 4) is 5.75 Å². The van der Waals surface area contributed by atoms with Crippen molar-refractivity contribution in [2.75, 3.05) is 20.0 Å². The molecular formula is C21H26FIN4O4S. The summed E-state index contributed by atoms with van der Waals surface area (Å²) < 4.78 is 49.2. The number of halogens is 2. The predicted octanol–water partition coefficient (Wildman–Crippen LogP) is 4.01. The zero-order valence-electron chi connectivity index (χ0n) is 18.3. The molecule has 0 unspecified atom stereocenters. The van der Waals surface area contributed by atoms with E-state index in [1.807, 2.05) is 22.8 Å². The van der Waals surface area contributed by atoms with Crippen LogP contribution in [-0.2, 0) is 27.3 Å². The first kappa shape index (κ1) is 24.8. The van der Waals surface area contributed by atoms with E-state index in [4.69, 9.17) is 13.9 Å². The molecule has 0 aliphatic heterocycles. The highest BCUT2D eigenvalue weighted by molar-refractivity contribution is 14.1. The number of rotatable bonds is 11. The lowest BCUT2D eigenvalue weighted by molar-refractivity contribution is 0.309. The topological polar surface area (TPSA) is 96.2 Å². The van der Waals surface area contributed by atoms with Gasteiger partial charge in [0.15, 0.2) is 5.65 Å². The second kappa shape index (κ2) is 10.8. The molecule has 3 aromatic rings. The predicted molar refractivity (Wildman–Crippen MR) is 128 cm³/mol. The molecule has 11 heteroatoms. The van der Waals surface area contributed by atoms with E-state index in [-0.39, 0.29) is 6.61 Å². The molecule has 2 aromatic heterocycles. The minimum atomic E-state index is -3.40. The van der Waals surface area contributed by atoms with Crippen LogP contribution in [0.25, 0.3) is 11.2 Å². The Balaban J connectivity index is 1.78. The van der Waals surface area contributed by atoms with Gasteiger partial charge < -0.3 is 9.30 Å². The molecule has 0 aliphatic rings. The fourth-order valence-corrected chi connectivity index (χ4v) is 4.39. The molecule has 32 heavy (non-hydrogen) atoms. The molecule has 0 radical (unpaired) electrons. The molecule has 0 aliphatic carbocycles. The van der Waals surface area contributed by atoms with E-state index in [2.05, 4.69) is 32.6 Å². The lowest BCUT2D eigenvalue weighted by atomic mass is 10.1. The average Bonchev–Trinajstić information content (AvgIpc) is 3.05. The molecule has 0 amide bonds. The van der Waals surface area contributed by atoms with Crippen molar-refractivity contribution in [2.24, 2.45) is 0 Å². The lowest BCUT2D eigenvalue weighted by Gasteiger charge is -2.11. The molecule has 0 N–H and O–H groups in total. The van der Waals surface area contributed by atoms with Gasteiger partial charge in [-0.15, -0.1) is 0 Å². The van der Waals surface area contributed by atoms with Crippen LogP contribution in [0.3, 0.4) is 0 Å². The molecule has 1 aromatic carbocycles. The quantitative estimate of drug-likeness (QED) is 0.147. The average molecular weight is 576 g/mol. The Kier molecular flexibility index (Phi) is 8.39. The molecule has 0 spiro atoms. The van der Waals surface area contributed by atoms with Gasteiger partial charge in [-0.05, 0) is 66.1 Å². The first-order valence-corrected chi connectivity index (χ1v) is 13.1. The maximum absolute atomic E-state index is 14.0. The Morgan fingerprint density at radius 1 is 1.12 bits per heavy atom. The Labute approximate surface area is 200 Å². The summed E-state index contributed by atoms with van der Waals surface area (Å²) in [7, 11) is -1.77. The summed E-state index contributed by atoms with van der Waals surface area (Å²) in [4.78, 5) is 12.6. The van der Waals surface area contributed by atoms with Gasteiger partial charge in [0, 0.05) is 16.5 Å². The van der Waals surface area contributed by atoms with Crippen LogP contribution in [0.2, 0.25) is 0 Å². The molecule has 0 fully saturated rings. The van der Waals surface area contributed by atoms with E-state index in [0.29, 0.717) is 36.2 Å². The van der Waals surface area contributed by atoms with E-state index in [0.717, 1.165) is 46.2 Å². The molecule has 0 saturated carbocycles. The third-order valence-corrected chi connectivity index (χ3v) is 6.64. The molecule has 3 rings (SSSR count). The number of fused-ring (bicyclic) bond motifs is 1. The highest BCUT2D eigenvalue weighted by Gasteiger charge is 2.17. The summed E-state index contributed by atoms with van der Waals surface area (Å²) in [5.74, 6) is 1.55. The number of methoxy groups -OCH3 is 1. The number of hydrogen-bond donors (Lipinski definition) is 0. The first-order valence-electron chi connectivity index (χ1n) is 10.2. The molecule has 174 valence electrons. The van der Waals surface area contributed by atoms with Crippen molar-refractivity contribution in [1.29, 1.82) is 0 Å². The van der Waals surface area contributed by atoms with E-state index >= 15 is 0 Å². The van der Waals surface area contributed by atoms with E-state index in [9.17, 15) is 12.8 Å². The second-order valence-electron chi connectivity index (χ2n) is 7.50. The molecule has 8 nitrogen and oxygen atoms in total. The van der Waals surface area contributed by atoms with Crippen molar-refractivity contribution in [2.45, 2.75) is 45.6 Å². The van der Waals surface area contributed by atoms with E-state index < -0.39 is 16.2 Å².